The molecule has 2 unspecified atom stereocenters. The van der Waals surface area contributed by atoms with Gasteiger partial charge in [0.05, 0.1) is 6.33 Å². The fourth-order valence-corrected chi connectivity index (χ4v) is 5.22. The molecule has 3 heterocycles. The molecule has 1 fully saturated rings. The number of aliphatic hydroxyl groups excluding tert-OH is 3. The van der Waals surface area contributed by atoms with E-state index in [-0.39, 0.29) is 17.1 Å². The Hall–Kier alpha value is -2.00. The van der Waals surface area contributed by atoms with Gasteiger partial charge in [0.1, 0.15) is 18.3 Å². The number of hydrogen-bond acceptors (Lipinski definition) is 11. The summed E-state index contributed by atoms with van der Waals surface area (Å²) in [4.78, 5) is 32.6. The van der Waals surface area contributed by atoms with Crippen molar-refractivity contribution >= 4 is 48.4 Å². The maximum Gasteiger partial charge on any atom is 0.370 e. The topological polar surface area (TPSA) is 206 Å². The number of ether oxygens (including phenoxy) is 1. The number of aliphatic hydroxyl groups is 3. The van der Waals surface area contributed by atoms with Gasteiger partial charge in [0, 0.05) is 22.0 Å². The molecule has 0 bridgehead atoms. The lowest BCUT2D eigenvalue weighted by Crippen LogP contribution is -2.38. The highest BCUT2D eigenvalue weighted by molar-refractivity contribution is 7.98. The molecule has 0 spiro atoms. The van der Waals surface area contributed by atoms with Gasteiger partial charge in [-0.05, 0) is 24.3 Å². The molecule has 0 aliphatic carbocycles. The third-order valence-corrected chi connectivity index (χ3v) is 7.51. The van der Waals surface area contributed by atoms with E-state index in [9.17, 15) is 29.6 Å². The monoisotopic (exact) mass is 505 g/mol. The van der Waals surface area contributed by atoms with Crippen LogP contribution in [0.5, 0.6) is 0 Å². The molecule has 0 saturated carbocycles. The zero-order chi connectivity index (χ0) is 23.2. The van der Waals surface area contributed by atoms with Crippen molar-refractivity contribution in [2.75, 3.05) is 5.73 Å². The zero-order valence-corrected chi connectivity index (χ0v) is 18.3. The van der Waals surface area contributed by atoms with E-state index in [1.807, 2.05) is 0 Å². The van der Waals surface area contributed by atoms with Crippen LogP contribution in [0, 0.1) is 0 Å². The third kappa shape index (κ3) is 4.29. The van der Waals surface area contributed by atoms with Crippen LogP contribution >= 0.6 is 31.2 Å². The molecule has 0 amide bonds. The Bertz CT molecular complexity index is 1240. The van der Waals surface area contributed by atoms with Gasteiger partial charge in [-0.15, -0.1) is 0 Å². The molecule has 4 rings (SSSR count). The first-order valence-electron chi connectivity index (χ1n) is 8.95. The standard InChI is InChI=1S/C16H17ClN5O8PS/c17-6-1-3-7(4-2-6)32-30-31(27,28)15(26)11-9(23)10(24)14(29-11)22-5-19-8-12(22)20-16(18)21-13(8)25/h1-5,9-11,14-15,23-24,26H,(H,27,28)(H3,18,20,21,25)/t9-,10+,11-,14+,15?/m0/s1. The van der Waals surface area contributed by atoms with E-state index in [1.165, 1.54) is 24.3 Å². The first kappa shape index (κ1) is 23.2. The third-order valence-electron chi connectivity index (χ3n) is 4.68. The second-order valence-corrected chi connectivity index (χ2v) is 10.2. The number of aromatic nitrogens is 4. The number of hydrogen-bond donors (Lipinski definition) is 6. The molecule has 32 heavy (non-hydrogen) atoms. The van der Waals surface area contributed by atoms with Crippen LogP contribution in [-0.4, -0.2) is 63.9 Å². The van der Waals surface area contributed by atoms with Crippen molar-refractivity contribution < 1.29 is 33.5 Å². The number of H-pyrrole nitrogens is 1. The average molecular weight is 506 g/mol. The summed E-state index contributed by atoms with van der Waals surface area (Å²) >= 11 is 6.30. The predicted octanol–water partition coefficient (Wildman–Crippen LogP) is 0.202. The molecular formula is C16H17ClN5O8PS. The molecule has 2 aromatic heterocycles. The van der Waals surface area contributed by atoms with E-state index in [2.05, 4.69) is 15.0 Å². The van der Waals surface area contributed by atoms with Gasteiger partial charge in [-0.25, -0.2) is 8.95 Å². The molecule has 1 aromatic carbocycles. The van der Waals surface area contributed by atoms with Gasteiger partial charge in [-0.1, -0.05) is 11.6 Å². The van der Waals surface area contributed by atoms with Crippen molar-refractivity contribution in [1.29, 1.82) is 0 Å². The molecule has 13 nitrogen and oxygen atoms in total. The van der Waals surface area contributed by atoms with Crippen LogP contribution in [0.2, 0.25) is 5.02 Å². The molecule has 1 saturated heterocycles. The first-order chi connectivity index (χ1) is 15.1. The predicted molar refractivity (Wildman–Crippen MR) is 113 cm³/mol. The van der Waals surface area contributed by atoms with Crippen molar-refractivity contribution in [2.45, 2.75) is 35.3 Å². The van der Waals surface area contributed by atoms with Crippen LogP contribution in [0.4, 0.5) is 5.95 Å². The maximum absolute atomic E-state index is 12.6. The Balaban J connectivity index is 1.54. The van der Waals surface area contributed by atoms with Crippen molar-refractivity contribution in [1.82, 2.24) is 19.5 Å². The van der Waals surface area contributed by atoms with Crippen molar-refractivity contribution in [3.05, 3.63) is 46.0 Å². The minimum absolute atomic E-state index is 0.0561. The minimum Gasteiger partial charge on any atom is -0.387 e. The Kier molecular flexibility index (Phi) is 6.33. The number of anilines is 1. The summed E-state index contributed by atoms with van der Waals surface area (Å²) in [5.74, 6) is -2.44. The van der Waals surface area contributed by atoms with Gasteiger partial charge in [0.25, 0.3) is 5.56 Å². The van der Waals surface area contributed by atoms with Crippen molar-refractivity contribution in [3.63, 3.8) is 0 Å². The van der Waals surface area contributed by atoms with Crippen LogP contribution in [0.3, 0.4) is 0 Å². The largest absolute Gasteiger partial charge is 0.387 e. The number of benzene rings is 1. The van der Waals surface area contributed by atoms with E-state index < -0.39 is 43.5 Å². The normalized spacial score (nSPS) is 26.3. The lowest BCUT2D eigenvalue weighted by molar-refractivity contribution is -0.0658. The summed E-state index contributed by atoms with van der Waals surface area (Å²) in [5.41, 5.74) is 4.74. The lowest BCUT2D eigenvalue weighted by Gasteiger charge is -2.24. The molecule has 3 aromatic rings. The SMILES string of the molecule is Nc1nc2c(ncn2[C@@H]2O[C@H](C(O)P(=O)(O)OSc3ccc(Cl)cc3)[C@@H](O)[C@H]2O)c(=O)[nH]1. The van der Waals surface area contributed by atoms with E-state index >= 15 is 0 Å². The summed E-state index contributed by atoms with van der Waals surface area (Å²) in [6, 6.07) is 6.14. The summed E-state index contributed by atoms with van der Waals surface area (Å²) in [6.07, 6.45) is -5.44. The Morgan fingerprint density at radius 3 is 2.69 bits per heavy atom. The smallest absolute Gasteiger partial charge is 0.370 e. The molecule has 1 aliphatic heterocycles. The Morgan fingerprint density at radius 1 is 1.31 bits per heavy atom. The summed E-state index contributed by atoms with van der Waals surface area (Å²) in [7, 11) is -4.77. The fraction of sp³-hybridized carbons (Fsp3) is 0.312. The number of nitrogens with one attached hydrogen (secondary N) is 1. The average Bonchev–Trinajstić information content (AvgIpc) is 3.28. The molecule has 0 radical (unpaired) electrons. The molecule has 1 aliphatic rings. The Labute approximate surface area is 188 Å². The summed E-state index contributed by atoms with van der Waals surface area (Å²) in [6.45, 7) is 0. The van der Waals surface area contributed by atoms with Crippen LogP contribution in [0.1, 0.15) is 6.23 Å². The molecule has 6 atom stereocenters. The van der Waals surface area contributed by atoms with Gasteiger partial charge < -0.3 is 30.7 Å². The van der Waals surface area contributed by atoms with Crippen LogP contribution in [0.15, 0.2) is 40.3 Å². The van der Waals surface area contributed by atoms with Gasteiger partial charge in [0.2, 0.25) is 5.95 Å². The van der Waals surface area contributed by atoms with Gasteiger partial charge in [-0.3, -0.25) is 18.9 Å². The van der Waals surface area contributed by atoms with E-state index in [0.29, 0.717) is 22.0 Å². The summed E-state index contributed by atoms with van der Waals surface area (Å²) in [5, 5.41) is 31.7. The van der Waals surface area contributed by atoms with Gasteiger partial charge in [0.15, 0.2) is 23.2 Å². The van der Waals surface area contributed by atoms with Crippen molar-refractivity contribution in [2.24, 2.45) is 0 Å². The molecule has 16 heteroatoms. The minimum atomic E-state index is -4.77. The number of nitrogens with two attached hydrogens (primary N) is 1. The number of halogens is 1. The summed E-state index contributed by atoms with van der Waals surface area (Å²) < 4.78 is 24.1. The fourth-order valence-electron chi connectivity index (χ4n) is 3.11. The van der Waals surface area contributed by atoms with Gasteiger partial charge in [-0.2, -0.15) is 4.98 Å². The van der Waals surface area contributed by atoms with Crippen molar-refractivity contribution in [3.8, 4) is 0 Å². The number of rotatable bonds is 6. The van der Waals surface area contributed by atoms with E-state index in [4.69, 9.17) is 26.0 Å². The number of imidazole rings is 1. The van der Waals surface area contributed by atoms with Crippen LogP contribution in [-0.2, 0) is 13.3 Å². The number of aromatic amines is 1. The van der Waals surface area contributed by atoms with Crippen LogP contribution in [0.25, 0.3) is 11.2 Å². The highest BCUT2D eigenvalue weighted by Crippen LogP contribution is 2.54. The quantitative estimate of drug-likeness (QED) is 0.196. The lowest BCUT2D eigenvalue weighted by atomic mass is 10.1. The molecular weight excluding hydrogens is 489 g/mol. The number of nitrogen functional groups attached to an aromatic ring is 1. The molecule has 172 valence electrons. The zero-order valence-electron chi connectivity index (χ0n) is 15.8. The van der Waals surface area contributed by atoms with E-state index in [1.54, 1.807) is 0 Å². The van der Waals surface area contributed by atoms with E-state index in [0.717, 1.165) is 10.9 Å². The molecule has 7 N–H and O–H groups in total. The van der Waals surface area contributed by atoms with Crippen LogP contribution < -0.4 is 11.3 Å². The number of fused-ring (bicyclic) bond motifs is 1. The highest BCUT2D eigenvalue weighted by atomic mass is 35.5. The second kappa shape index (κ2) is 8.74. The Morgan fingerprint density at radius 2 is 2.00 bits per heavy atom. The van der Waals surface area contributed by atoms with Gasteiger partial charge >= 0.3 is 7.60 Å². The second-order valence-electron chi connectivity index (χ2n) is 6.84. The maximum atomic E-state index is 12.6. The number of nitrogens with zero attached hydrogens (tertiary/aromatic N) is 3. The highest BCUT2D eigenvalue weighted by Gasteiger charge is 2.53. The first-order valence-corrected chi connectivity index (χ1v) is 11.7.